The second kappa shape index (κ2) is 10.2. The fraction of sp³-hybridized carbons (Fsp3) is 1.00. The molecule has 0 rings (SSSR count). The predicted octanol–water partition coefficient (Wildman–Crippen LogP) is 2.85. The average Bonchev–Trinajstić information content (AvgIpc) is 2.24. The van der Waals surface area contributed by atoms with E-state index >= 15 is 0 Å². The number of likely N-dealkylation sites (N-methyl/N-ethyl adjacent to an activating group) is 1. The lowest BCUT2D eigenvalue weighted by Crippen LogP contribution is -2.38. The highest BCUT2D eigenvalue weighted by Crippen LogP contribution is 2.12. The molecule has 104 valence electrons. The van der Waals surface area contributed by atoms with Gasteiger partial charge in [0.1, 0.15) is 0 Å². The number of rotatable bonds is 10. The maximum Gasteiger partial charge on any atom is 0.0109 e. The normalized spacial score (nSPS) is 13.9. The Morgan fingerprint density at radius 2 is 1.71 bits per heavy atom. The van der Waals surface area contributed by atoms with Crippen molar-refractivity contribution in [2.45, 2.75) is 33.6 Å². The number of nitrogens with zero attached hydrogens (tertiary/aromatic N) is 2. The summed E-state index contributed by atoms with van der Waals surface area (Å²) < 4.78 is 0. The van der Waals surface area contributed by atoms with Crippen molar-refractivity contribution in [2.24, 2.45) is 11.8 Å². The molecule has 2 nitrogen and oxygen atoms in total. The van der Waals surface area contributed by atoms with Gasteiger partial charge in [-0.2, -0.15) is 12.6 Å². The molecule has 0 aromatic rings. The quantitative estimate of drug-likeness (QED) is 0.604. The molecule has 0 aromatic carbocycles. The first-order chi connectivity index (χ1) is 7.99. The van der Waals surface area contributed by atoms with Gasteiger partial charge in [-0.3, -0.25) is 0 Å². The summed E-state index contributed by atoms with van der Waals surface area (Å²) in [4.78, 5) is 4.88. The van der Waals surface area contributed by atoms with E-state index in [-0.39, 0.29) is 0 Å². The lowest BCUT2D eigenvalue weighted by atomic mass is 10.0. The van der Waals surface area contributed by atoms with Gasteiger partial charge in [0.15, 0.2) is 0 Å². The van der Waals surface area contributed by atoms with E-state index in [1.807, 2.05) is 0 Å². The second-order valence-electron chi connectivity index (χ2n) is 5.79. The molecule has 0 bridgehead atoms. The number of hydrogen-bond donors (Lipinski definition) is 1. The molecule has 0 saturated heterocycles. The van der Waals surface area contributed by atoms with Gasteiger partial charge in [0.2, 0.25) is 0 Å². The van der Waals surface area contributed by atoms with Crippen LogP contribution in [-0.2, 0) is 0 Å². The highest BCUT2D eigenvalue weighted by molar-refractivity contribution is 7.80. The molecule has 17 heavy (non-hydrogen) atoms. The van der Waals surface area contributed by atoms with Crippen LogP contribution in [0.15, 0.2) is 0 Å². The molecule has 0 aliphatic carbocycles. The average molecular weight is 260 g/mol. The molecule has 3 heteroatoms. The fourth-order valence-electron chi connectivity index (χ4n) is 2.13. The van der Waals surface area contributed by atoms with Crippen molar-refractivity contribution < 1.29 is 0 Å². The summed E-state index contributed by atoms with van der Waals surface area (Å²) in [6, 6.07) is 0. The highest BCUT2D eigenvalue weighted by Gasteiger charge is 2.13. The molecule has 0 radical (unpaired) electrons. The molecule has 0 spiro atoms. The summed E-state index contributed by atoms with van der Waals surface area (Å²) in [6.07, 6.45) is 2.58. The molecule has 0 aliphatic rings. The number of hydrogen-bond acceptors (Lipinski definition) is 3. The first kappa shape index (κ1) is 17.3. The highest BCUT2D eigenvalue weighted by atomic mass is 32.1. The van der Waals surface area contributed by atoms with Crippen molar-refractivity contribution in [3.8, 4) is 0 Å². The maximum absolute atomic E-state index is 4.49. The molecule has 0 fully saturated rings. The van der Waals surface area contributed by atoms with Crippen LogP contribution in [0.25, 0.3) is 0 Å². The van der Waals surface area contributed by atoms with Crippen molar-refractivity contribution >= 4 is 12.6 Å². The monoisotopic (exact) mass is 260 g/mol. The summed E-state index contributed by atoms with van der Waals surface area (Å²) in [5.41, 5.74) is 0. The third-order valence-electron chi connectivity index (χ3n) is 2.96. The molecule has 1 unspecified atom stereocenters. The van der Waals surface area contributed by atoms with Crippen molar-refractivity contribution in [2.75, 3.05) is 46.0 Å². The van der Waals surface area contributed by atoms with Crippen LogP contribution >= 0.6 is 12.6 Å². The van der Waals surface area contributed by atoms with Crippen molar-refractivity contribution in [1.82, 2.24) is 9.80 Å². The van der Waals surface area contributed by atoms with E-state index in [1.54, 1.807) is 0 Å². The van der Waals surface area contributed by atoms with E-state index < -0.39 is 0 Å². The Morgan fingerprint density at radius 3 is 2.12 bits per heavy atom. The minimum absolute atomic E-state index is 0.749. The zero-order chi connectivity index (χ0) is 13.3. The molecule has 0 aromatic heterocycles. The third kappa shape index (κ3) is 9.93. The Kier molecular flexibility index (Phi) is 10.4. The summed E-state index contributed by atoms with van der Waals surface area (Å²) >= 11 is 4.49. The molecule has 1 atom stereocenters. The summed E-state index contributed by atoms with van der Waals surface area (Å²) in [7, 11) is 4.30. The Morgan fingerprint density at radius 1 is 1.06 bits per heavy atom. The predicted molar refractivity (Wildman–Crippen MR) is 82.1 cm³/mol. The van der Waals surface area contributed by atoms with Crippen LogP contribution < -0.4 is 0 Å². The van der Waals surface area contributed by atoms with Crippen LogP contribution in [0.3, 0.4) is 0 Å². The number of thiol groups is 1. The topological polar surface area (TPSA) is 6.48 Å². The van der Waals surface area contributed by atoms with Gasteiger partial charge in [-0.1, -0.05) is 27.2 Å². The van der Waals surface area contributed by atoms with E-state index in [9.17, 15) is 0 Å². The van der Waals surface area contributed by atoms with E-state index in [4.69, 9.17) is 0 Å². The van der Waals surface area contributed by atoms with Crippen LogP contribution in [0.5, 0.6) is 0 Å². The fourth-order valence-corrected chi connectivity index (χ4v) is 2.43. The van der Waals surface area contributed by atoms with Crippen molar-refractivity contribution in [3.05, 3.63) is 0 Å². The second-order valence-corrected chi connectivity index (χ2v) is 6.16. The minimum Gasteiger partial charge on any atom is -0.308 e. The standard InChI is InChI=1S/C14H32N2S/c1-6-7-14(12-17)11-16(10-13(2)3)9-8-15(4)5/h13-14,17H,6-12H2,1-5H3. The first-order valence-corrected chi connectivity index (χ1v) is 7.60. The Bertz CT molecular complexity index is 172. The van der Waals surface area contributed by atoms with Crippen LogP contribution in [0, 0.1) is 11.8 Å². The van der Waals surface area contributed by atoms with Crippen LogP contribution in [-0.4, -0.2) is 55.8 Å². The molecule has 0 amide bonds. The van der Waals surface area contributed by atoms with Crippen molar-refractivity contribution in [3.63, 3.8) is 0 Å². The Labute approximate surface area is 114 Å². The van der Waals surface area contributed by atoms with Crippen LogP contribution in [0.1, 0.15) is 33.6 Å². The largest absolute Gasteiger partial charge is 0.308 e. The lowest BCUT2D eigenvalue weighted by Gasteiger charge is -2.29. The Balaban J connectivity index is 4.14. The van der Waals surface area contributed by atoms with Gasteiger partial charge >= 0.3 is 0 Å². The van der Waals surface area contributed by atoms with Crippen LogP contribution in [0.2, 0.25) is 0 Å². The van der Waals surface area contributed by atoms with E-state index in [2.05, 4.69) is 57.3 Å². The maximum atomic E-state index is 4.49. The lowest BCUT2D eigenvalue weighted by molar-refractivity contribution is 0.192. The summed E-state index contributed by atoms with van der Waals surface area (Å²) in [6.45, 7) is 11.6. The van der Waals surface area contributed by atoms with Gasteiger partial charge < -0.3 is 9.80 Å². The molecule has 0 aliphatic heterocycles. The van der Waals surface area contributed by atoms with E-state index in [0.29, 0.717) is 0 Å². The van der Waals surface area contributed by atoms with E-state index in [1.165, 1.54) is 32.5 Å². The first-order valence-electron chi connectivity index (χ1n) is 6.97. The molecular formula is C14H32N2S. The van der Waals surface area contributed by atoms with Gasteiger partial charge in [-0.05, 0) is 38.1 Å². The zero-order valence-electron chi connectivity index (χ0n) is 12.4. The van der Waals surface area contributed by atoms with Crippen molar-refractivity contribution in [1.29, 1.82) is 0 Å². The van der Waals surface area contributed by atoms with Gasteiger partial charge in [0, 0.05) is 26.2 Å². The summed E-state index contributed by atoms with van der Waals surface area (Å²) in [5, 5.41) is 0. The van der Waals surface area contributed by atoms with Gasteiger partial charge in [-0.15, -0.1) is 0 Å². The Hall–Kier alpha value is 0.270. The molecule has 0 N–H and O–H groups in total. The smallest absolute Gasteiger partial charge is 0.0109 e. The summed E-state index contributed by atoms with van der Waals surface area (Å²) in [5.74, 6) is 2.52. The SMILES string of the molecule is CCCC(CS)CN(CCN(C)C)CC(C)C. The third-order valence-corrected chi connectivity index (χ3v) is 3.47. The zero-order valence-corrected chi connectivity index (χ0v) is 13.3. The van der Waals surface area contributed by atoms with Crippen LogP contribution in [0.4, 0.5) is 0 Å². The van der Waals surface area contributed by atoms with Gasteiger partial charge in [-0.25, -0.2) is 0 Å². The molecule has 0 heterocycles. The molecule has 0 saturated carbocycles. The molecular weight excluding hydrogens is 228 g/mol. The van der Waals surface area contributed by atoms with E-state index in [0.717, 1.165) is 24.1 Å². The minimum atomic E-state index is 0.749. The van der Waals surface area contributed by atoms with Gasteiger partial charge in [0.05, 0.1) is 0 Å². The van der Waals surface area contributed by atoms with Gasteiger partial charge in [0.25, 0.3) is 0 Å².